The number of halogens is 1. The number of anilines is 1. The lowest BCUT2D eigenvalue weighted by molar-refractivity contribution is -0.115. The van der Waals surface area contributed by atoms with Crippen molar-refractivity contribution in [3.05, 3.63) is 90.5 Å². The van der Waals surface area contributed by atoms with Crippen LogP contribution in [-0.4, -0.2) is 33.0 Å². The van der Waals surface area contributed by atoms with Gasteiger partial charge in [-0.2, -0.15) is 0 Å². The molecule has 4 rings (SSSR count). The number of rotatable bonds is 9. The normalized spacial score (nSPS) is 12.6. The van der Waals surface area contributed by atoms with E-state index in [1.807, 2.05) is 66.1 Å². The Labute approximate surface area is 207 Å². The summed E-state index contributed by atoms with van der Waals surface area (Å²) in [6, 6.07) is 22.8. The number of hydrogen-bond donors (Lipinski definition) is 1. The first-order valence-electron chi connectivity index (χ1n) is 11.0. The highest BCUT2D eigenvalue weighted by molar-refractivity contribution is 8.00. The average molecular weight is 493 g/mol. The van der Waals surface area contributed by atoms with Gasteiger partial charge in [0.1, 0.15) is 5.82 Å². The molecule has 0 saturated heterocycles. The van der Waals surface area contributed by atoms with Crippen LogP contribution in [0.25, 0.3) is 5.69 Å². The number of ether oxygens (including phenoxy) is 2. The topological polar surface area (TPSA) is 78.3 Å². The van der Waals surface area contributed by atoms with E-state index in [9.17, 15) is 9.18 Å². The van der Waals surface area contributed by atoms with Gasteiger partial charge in [0.15, 0.2) is 28.6 Å². The minimum atomic E-state index is -0.525. The summed E-state index contributed by atoms with van der Waals surface area (Å²) in [4.78, 5) is 12.8. The Morgan fingerprint density at radius 3 is 2.40 bits per heavy atom. The number of hydrogen-bond acceptors (Lipinski definition) is 6. The Morgan fingerprint density at radius 1 is 0.971 bits per heavy atom. The van der Waals surface area contributed by atoms with Gasteiger partial charge in [0.2, 0.25) is 5.91 Å². The van der Waals surface area contributed by atoms with Crippen molar-refractivity contribution in [3.8, 4) is 17.2 Å². The van der Waals surface area contributed by atoms with Gasteiger partial charge in [-0.15, -0.1) is 10.2 Å². The Hall–Kier alpha value is -3.85. The summed E-state index contributed by atoms with van der Waals surface area (Å²) in [7, 11) is 1.59. The third-order valence-electron chi connectivity index (χ3n) is 5.15. The van der Waals surface area contributed by atoms with Crippen molar-refractivity contribution < 1.29 is 18.7 Å². The summed E-state index contributed by atoms with van der Waals surface area (Å²) in [5.74, 6) is 1.08. The average Bonchev–Trinajstić information content (AvgIpc) is 3.28. The van der Waals surface area contributed by atoms with Gasteiger partial charge in [-0.25, -0.2) is 4.39 Å². The number of amides is 1. The van der Waals surface area contributed by atoms with Crippen LogP contribution >= 0.6 is 11.8 Å². The first kappa shape index (κ1) is 24.3. The SMILES string of the molecule is COc1ccccc1OC(C)c1nnc(SC(C)C(=O)Nc2cccc(F)c2)n1-c1ccccc1. The van der Waals surface area contributed by atoms with E-state index in [0.717, 1.165) is 5.69 Å². The van der Waals surface area contributed by atoms with E-state index >= 15 is 0 Å². The molecule has 0 spiro atoms. The minimum Gasteiger partial charge on any atom is -0.493 e. The summed E-state index contributed by atoms with van der Waals surface area (Å²) in [6.45, 7) is 3.64. The molecule has 3 aromatic carbocycles. The maximum atomic E-state index is 13.5. The quantitative estimate of drug-likeness (QED) is 0.303. The number of benzene rings is 3. The van der Waals surface area contributed by atoms with Crippen LogP contribution in [0.5, 0.6) is 11.5 Å². The Morgan fingerprint density at radius 2 is 1.69 bits per heavy atom. The van der Waals surface area contributed by atoms with Crippen LogP contribution in [0.15, 0.2) is 84.0 Å². The fourth-order valence-electron chi connectivity index (χ4n) is 3.42. The van der Waals surface area contributed by atoms with E-state index in [1.54, 1.807) is 26.2 Å². The molecular formula is C26H25FN4O3S. The standard InChI is InChI=1S/C26H25FN4O3S/c1-17(34-23-15-8-7-14-22(23)33-3)24-29-30-26(31(24)21-12-5-4-6-13-21)35-18(2)25(32)28-20-11-9-10-19(27)16-20/h4-18H,1-3H3,(H,28,32). The first-order chi connectivity index (χ1) is 17.0. The van der Waals surface area contributed by atoms with Crippen LogP contribution in [0.4, 0.5) is 10.1 Å². The molecule has 4 aromatic rings. The lowest BCUT2D eigenvalue weighted by atomic mass is 10.3. The molecule has 0 saturated carbocycles. The predicted molar refractivity (Wildman–Crippen MR) is 134 cm³/mol. The van der Waals surface area contributed by atoms with E-state index in [1.165, 1.54) is 23.9 Å². The fourth-order valence-corrected chi connectivity index (χ4v) is 4.30. The summed E-state index contributed by atoms with van der Waals surface area (Å²) in [6.07, 6.45) is -0.468. The second kappa shape index (κ2) is 11.1. The molecule has 7 nitrogen and oxygen atoms in total. The second-order valence-electron chi connectivity index (χ2n) is 7.68. The summed E-state index contributed by atoms with van der Waals surface area (Å²) in [5, 5.41) is 11.5. The third kappa shape index (κ3) is 5.81. The molecule has 0 bridgehead atoms. The highest BCUT2D eigenvalue weighted by atomic mass is 32.2. The van der Waals surface area contributed by atoms with E-state index in [2.05, 4.69) is 15.5 Å². The van der Waals surface area contributed by atoms with Gasteiger partial charge < -0.3 is 14.8 Å². The Bertz CT molecular complexity index is 1300. The highest BCUT2D eigenvalue weighted by Gasteiger charge is 2.25. The largest absolute Gasteiger partial charge is 0.493 e. The lowest BCUT2D eigenvalue weighted by Gasteiger charge is -2.18. The number of nitrogens with one attached hydrogen (secondary N) is 1. The summed E-state index contributed by atoms with van der Waals surface area (Å²) >= 11 is 1.25. The number of carbonyl (C=O) groups is 1. The zero-order valence-electron chi connectivity index (χ0n) is 19.5. The lowest BCUT2D eigenvalue weighted by Crippen LogP contribution is -2.23. The Balaban J connectivity index is 1.59. The zero-order valence-corrected chi connectivity index (χ0v) is 20.3. The van der Waals surface area contributed by atoms with Crippen LogP contribution < -0.4 is 14.8 Å². The molecule has 2 unspecified atom stereocenters. The molecule has 0 aliphatic carbocycles. The number of para-hydroxylation sites is 3. The summed E-state index contributed by atoms with van der Waals surface area (Å²) in [5.41, 5.74) is 1.23. The smallest absolute Gasteiger partial charge is 0.237 e. The number of aromatic nitrogens is 3. The van der Waals surface area contributed by atoms with E-state index in [0.29, 0.717) is 28.2 Å². The molecule has 1 aromatic heterocycles. The van der Waals surface area contributed by atoms with Crippen molar-refractivity contribution in [2.45, 2.75) is 30.4 Å². The molecule has 1 heterocycles. The van der Waals surface area contributed by atoms with Crippen molar-refractivity contribution in [1.29, 1.82) is 0 Å². The molecular weight excluding hydrogens is 467 g/mol. The minimum absolute atomic E-state index is 0.275. The molecule has 0 aliphatic heterocycles. The zero-order chi connectivity index (χ0) is 24.8. The molecule has 0 aliphatic rings. The predicted octanol–water partition coefficient (Wildman–Crippen LogP) is 5.67. The molecule has 180 valence electrons. The molecule has 1 amide bonds. The molecule has 0 radical (unpaired) electrons. The third-order valence-corrected chi connectivity index (χ3v) is 6.20. The molecule has 9 heteroatoms. The fraction of sp³-hybridized carbons (Fsp3) is 0.192. The van der Waals surface area contributed by atoms with Gasteiger partial charge in [0, 0.05) is 11.4 Å². The monoisotopic (exact) mass is 492 g/mol. The second-order valence-corrected chi connectivity index (χ2v) is 8.99. The van der Waals surface area contributed by atoms with Gasteiger partial charge >= 0.3 is 0 Å². The van der Waals surface area contributed by atoms with Crippen LogP contribution in [-0.2, 0) is 4.79 Å². The van der Waals surface area contributed by atoms with E-state index in [-0.39, 0.29) is 5.91 Å². The van der Waals surface area contributed by atoms with Gasteiger partial charge in [0.25, 0.3) is 0 Å². The van der Waals surface area contributed by atoms with Crippen LogP contribution in [0, 0.1) is 5.82 Å². The molecule has 0 fully saturated rings. The van der Waals surface area contributed by atoms with Gasteiger partial charge in [-0.1, -0.05) is 48.2 Å². The number of carbonyl (C=O) groups excluding carboxylic acids is 1. The number of nitrogens with zero attached hydrogens (tertiary/aromatic N) is 3. The van der Waals surface area contributed by atoms with E-state index in [4.69, 9.17) is 9.47 Å². The molecule has 2 atom stereocenters. The van der Waals surface area contributed by atoms with Crippen molar-refractivity contribution in [2.24, 2.45) is 0 Å². The van der Waals surface area contributed by atoms with Crippen molar-refractivity contribution in [2.75, 3.05) is 12.4 Å². The molecule has 35 heavy (non-hydrogen) atoms. The number of thioether (sulfide) groups is 1. The highest BCUT2D eigenvalue weighted by Crippen LogP contribution is 2.33. The van der Waals surface area contributed by atoms with Crippen molar-refractivity contribution in [1.82, 2.24) is 14.8 Å². The van der Waals surface area contributed by atoms with Crippen molar-refractivity contribution in [3.63, 3.8) is 0 Å². The Kier molecular flexibility index (Phi) is 7.67. The van der Waals surface area contributed by atoms with E-state index < -0.39 is 17.2 Å². The van der Waals surface area contributed by atoms with Crippen LogP contribution in [0.3, 0.4) is 0 Å². The maximum Gasteiger partial charge on any atom is 0.237 e. The first-order valence-corrected chi connectivity index (χ1v) is 11.9. The number of methoxy groups -OCH3 is 1. The summed E-state index contributed by atoms with van der Waals surface area (Å²) < 4.78 is 26.9. The van der Waals surface area contributed by atoms with Crippen LogP contribution in [0.1, 0.15) is 25.8 Å². The van der Waals surface area contributed by atoms with Gasteiger partial charge in [0.05, 0.1) is 12.4 Å². The van der Waals surface area contributed by atoms with Gasteiger partial charge in [-0.3, -0.25) is 9.36 Å². The van der Waals surface area contributed by atoms with Gasteiger partial charge in [-0.05, 0) is 56.3 Å². The van der Waals surface area contributed by atoms with Crippen LogP contribution in [0.2, 0.25) is 0 Å². The molecule has 1 N–H and O–H groups in total. The maximum absolute atomic E-state index is 13.5. The van der Waals surface area contributed by atoms with Crippen molar-refractivity contribution >= 4 is 23.4 Å².